The Labute approximate surface area is 165 Å². The molecule has 1 heterocycles. The number of nitrogens with zero attached hydrogens (tertiary/aromatic N) is 1. The molecule has 6 heteroatoms. The molecule has 5 nitrogen and oxygen atoms in total. The van der Waals surface area contributed by atoms with Gasteiger partial charge in [0.05, 0.1) is 19.3 Å². The van der Waals surface area contributed by atoms with Crippen molar-refractivity contribution in [1.29, 1.82) is 0 Å². The van der Waals surface area contributed by atoms with Crippen molar-refractivity contribution in [3.63, 3.8) is 0 Å². The molecule has 1 N–H and O–H groups in total. The Kier molecular flexibility index (Phi) is 7.01. The molecule has 1 aliphatic heterocycles. The fraction of sp³-hybridized carbons (Fsp3) is 0.409. The third kappa shape index (κ3) is 5.30. The van der Waals surface area contributed by atoms with E-state index >= 15 is 0 Å². The second kappa shape index (κ2) is 9.66. The summed E-state index contributed by atoms with van der Waals surface area (Å²) in [5, 5.41) is 2.95. The summed E-state index contributed by atoms with van der Waals surface area (Å²) >= 11 is 0. The molecule has 3 rings (SSSR count). The van der Waals surface area contributed by atoms with E-state index in [1.54, 1.807) is 18.2 Å². The number of halogens is 1. The quantitative estimate of drug-likeness (QED) is 0.793. The second-order valence-electron chi connectivity index (χ2n) is 7.10. The van der Waals surface area contributed by atoms with Gasteiger partial charge in [0, 0.05) is 25.2 Å². The highest BCUT2D eigenvalue weighted by Gasteiger charge is 2.30. The molecule has 1 atom stereocenters. The zero-order chi connectivity index (χ0) is 19.9. The zero-order valence-corrected chi connectivity index (χ0v) is 16.4. The van der Waals surface area contributed by atoms with E-state index in [0.717, 1.165) is 11.3 Å². The number of ether oxygens (including phenoxy) is 2. The van der Waals surface area contributed by atoms with Gasteiger partial charge in [0.25, 0.3) is 0 Å². The summed E-state index contributed by atoms with van der Waals surface area (Å²) in [6, 6.07) is 13.4. The van der Waals surface area contributed by atoms with Gasteiger partial charge in [-0.05, 0) is 37.6 Å². The van der Waals surface area contributed by atoms with Crippen LogP contribution in [0.5, 0.6) is 5.75 Å². The van der Waals surface area contributed by atoms with Crippen LogP contribution in [0.2, 0.25) is 0 Å². The van der Waals surface area contributed by atoms with E-state index in [-0.39, 0.29) is 17.8 Å². The number of carbonyl (C=O) groups excluding carboxylic acids is 1. The summed E-state index contributed by atoms with van der Waals surface area (Å²) < 4.78 is 25.4. The summed E-state index contributed by atoms with van der Waals surface area (Å²) in [6.07, 6.45) is 0.112. The maximum absolute atomic E-state index is 14.4. The number of amides is 1. The van der Waals surface area contributed by atoms with Gasteiger partial charge in [-0.1, -0.05) is 30.3 Å². The molecule has 1 aliphatic rings. The van der Waals surface area contributed by atoms with Crippen LogP contribution in [0.1, 0.15) is 31.0 Å². The minimum absolute atomic E-state index is 0.112. The predicted octanol–water partition coefficient (Wildman–Crippen LogP) is 3.30. The molecular formula is C22H27FN2O3. The highest BCUT2D eigenvalue weighted by Crippen LogP contribution is 2.25. The third-order valence-corrected chi connectivity index (χ3v) is 4.62. The fourth-order valence-corrected chi connectivity index (χ4v) is 3.28. The lowest BCUT2D eigenvalue weighted by Gasteiger charge is -2.34. The van der Waals surface area contributed by atoms with Crippen LogP contribution in [0.25, 0.3) is 0 Å². The van der Waals surface area contributed by atoms with Gasteiger partial charge in [-0.25, -0.2) is 4.39 Å². The zero-order valence-electron chi connectivity index (χ0n) is 16.4. The standard InChI is InChI=1S/C22H27FN2O3/c1-16(2)28-18-9-7-17(8-10-18)15-24-22(26)21(25-11-13-27-14-12-25)19-5-3-4-6-20(19)23/h3-10,16,21H,11-15H2,1-2H3,(H,24,26)/t21-/m0/s1. The molecule has 28 heavy (non-hydrogen) atoms. The first-order valence-corrected chi connectivity index (χ1v) is 9.64. The maximum atomic E-state index is 14.4. The van der Waals surface area contributed by atoms with Crippen molar-refractivity contribution in [3.8, 4) is 5.75 Å². The normalized spacial score (nSPS) is 16.0. The Bertz CT molecular complexity index is 774. The molecule has 2 aromatic rings. The summed E-state index contributed by atoms with van der Waals surface area (Å²) in [6.45, 7) is 6.58. The van der Waals surface area contributed by atoms with Crippen LogP contribution in [0.3, 0.4) is 0 Å². The van der Waals surface area contributed by atoms with Crippen LogP contribution >= 0.6 is 0 Å². The predicted molar refractivity (Wildman–Crippen MR) is 106 cm³/mol. The Morgan fingerprint density at radius 3 is 2.46 bits per heavy atom. The van der Waals surface area contributed by atoms with Crippen molar-refractivity contribution < 1.29 is 18.7 Å². The molecule has 150 valence electrons. The maximum Gasteiger partial charge on any atom is 0.242 e. The number of carbonyl (C=O) groups is 1. The van der Waals surface area contributed by atoms with Crippen molar-refractivity contribution in [2.75, 3.05) is 26.3 Å². The SMILES string of the molecule is CC(C)Oc1ccc(CNC(=O)[C@H](c2ccccc2F)N2CCOCC2)cc1. The average Bonchev–Trinajstić information content (AvgIpc) is 2.69. The molecule has 0 spiro atoms. The van der Waals surface area contributed by atoms with E-state index in [0.29, 0.717) is 38.4 Å². The van der Waals surface area contributed by atoms with Crippen LogP contribution in [0, 0.1) is 5.82 Å². The molecule has 0 aliphatic carbocycles. The smallest absolute Gasteiger partial charge is 0.242 e. The van der Waals surface area contributed by atoms with Crippen LogP contribution in [-0.4, -0.2) is 43.2 Å². The number of morpholine rings is 1. The van der Waals surface area contributed by atoms with Crippen LogP contribution < -0.4 is 10.1 Å². The number of hydrogen-bond acceptors (Lipinski definition) is 4. The largest absolute Gasteiger partial charge is 0.491 e. The van der Waals surface area contributed by atoms with Gasteiger partial charge in [0.15, 0.2) is 0 Å². The molecule has 0 aromatic heterocycles. The summed E-state index contributed by atoms with van der Waals surface area (Å²) in [5.41, 5.74) is 1.35. The summed E-state index contributed by atoms with van der Waals surface area (Å²) in [5.74, 6) is 0.210. The summed E-state index contributed by atoms with van der Waals surface area (Å²) in [7, 11) is 0. The van der Waals surface area contributed by atoms with Gasteiger partial charge in [0.2, 0.25) is 5.91 Å². The van der Waals surface area contributed by atoms with Crippen LogP contribution in [0.4, 0.5) is 4.39 Å². The van der Waals surface area contributed by atoms with E-state index in [4.69, 9.17) is 9.47 Å². The van der Waals surface area contributed by atoms with Gasteiger partial charge >= 0.3 is 0 Å². The second-order valence-corrected chi connectivity index (χ2v) is 7.10. The van der Waals surface area contributed by atoms with Crippen molar-refractivity contribution in [3.05, 3.63) is 65.5 Å². The average molecular weight is 386 g/mol. The summed E-state index contributed by atoms with van der Waals surface area (Å²) in [4.78, 5) is 15.0. The van der Waals surface area contributed by atoms with Crippen molar-refractivity contribution in [2.45, 2.75) is 32.5 Å². The molecule has 1 fully saturated rings. The monoisotopic (exact) mass is 386 g/mol. The van der Waals surface area contributed by atoms with E-state index in [1.807, 2.05) is 43.0 Å². The van der Waals surface area contributed by atoms with Crippen LogP contribution in [0.15, 0.2) is 48.5 Å². The molecule has 0 radical (unpaired) electrons. The molecule has 1 amide bonds. The lowest BCUT2D eigenvalue weighted by Crippen LogP contribution is -2.46. The van der Waals surface area contributed by atoms with E-state index in [1.165, 1.54) is 6.07 Å². The number of nitrogens with one attached hydrogen (secondary N) is 1. The molecular weight excluding hydrogens is 359 g/mol. The fourth-order valence-electron chi connectivity index (χ4n) is 3.28. The minimum Gasteiger partial charge on any atom is -0.491 e. The van der Waals surface area contributed by atoms with Gasteiger partial charge in [0.1, 0.15) is 17.6 Å². The highest BCUT2D eigenvalue weighted by molar-refractivity contribution is 5.83. The number of rotatable bonds is 7. The Hall–Kier alpha value is -2.44. The Balaban J connectivity index is 1.70. The molecule has 1 saturated heterocycles. The van der Waals surface area contributed by atoms with Gasteiger partial charge in [-0.2, -0.15) is 0 Å². The van der Waals surface area contributed by atoms with E-state index in [2.05, 4.69) is 5.32 Å². The third-order valence-electron chi connectivity index (χ3n) is 4.62. The van der Waals surface area contributed by atoms with Crippen molar-refractivity contribution >= 4 is 5.91 Å². The molecule has 2 aromatic carbocycles. The first kappa shape index (κ1) is 20.3. The van der Waals surface area contributed by atoms with Gasteiger partial charge in [-0.15, -0.1) is 0 Å². The molecule has 0 unspecified atom stereocenters. The molecule has 0 bridgehead atoms. The Morgan fingerprint density at radius 2 is 1.82 bits per heavy atom. The minimum atomic E-state index is -0.673. The first-order chi connectivity index (χ1) is 13.5. The Morgan fingerprint density at radius 1 is 1.14 bits per heavy atom. The molecule has 0 saturated carbocycles. The van der Waals surface area contributed by atoms with Crippen molar-refractivity contribution in [1.82, 2.24) is 10.2 Å². The lowest BCUT2D eigenvalue weighted by atomic mass is 10.0. The van der Waals surface area contributed by atoms with Gasteiger partial charge < -0.3 is 14.8 Å². The number of benzene rings is 2. The van der Waals surface area contributed by atoms with Gasteiger partial charge in [-0.3, -0.25) is 9.69 Å². The first-order valence-electron chi connectivity index (χ1n) is 9.64. The van der Waals surface area contributed by atoms with Crippen LogP contribution in [-0.2, 0) is 16.1 Å². The van der Waals surface area contributed by atoms with Crippen molar-refractivity contribution in [2.24, 2.45) is 0 Å². The van der Waals surface area contributed by atoms with E-state index < -0.39 is 6.04 Å². The lowest BCUT2D eigenvalue weighted by molar-refractivity contribution is -0.128. The van der Waals surface area contributed by atoms with E-state index in [9.17, 15) is 9.18 Å². The number of hydrogen-bond donors (Lipinski definition) is 1. The topological polar surface area (TPSA) is 50.8 Å². The highest BCUT2D eigenvalue weighted by atomic mass is 19.1.